The van der Waals surface area contributed by atoms with Crippen molar-refractivity contribution in [1.29, 1.82) is 0 Å². The zero-order valence-electron chi connectivity index (χ0n) is 14.7. The zero-order chi connectivity index (χ0) is 20.8. The number of benzene rings is 1. The van der Waals surface area contributed by atoms with Gasteiger partial charge in [0.15, 0.2) is 17.1 Å². The topological polar surface area (TPSA) is 167 Å². The van der Waals surface area contributed by atoms with E-state index < -0.39 is 86.6 Å². The molecule has 10 nitrogen and oxygen atoms in total. The largest absolute Gasteiger partial charge is 1.00 e. The van der Waals surface area contributed by atoms with Crippen LogP contribution in [0.25, 0.3) is 11.0 Å². The van der Waals surface area contributed by atoms with E-state index in [0.717, 1.165) is 0 Å². The van der Waals surface area contributed by atoms with Gasteiger partial charge in [-0.1, -0.05) is 0 Å². The van der Waals surface area contributed by atoms with Crippen LogP contribution < -0.4 is 39.9 Å². The SMILES string of the molecule is O=c1cc(CS(=O)(=O)[O-])c2cc(F)c(O[C@@H]3OC[C@@H](O)[C@@H](O)C3O)c(F)c2o1.[Na+]. The van der Waals surface area contributed by atoms with E-state index in [1.54, 1.807) is 0 Å². The monoisotopic (exact) mass is 446 g/mol. The first kappa shape index (κ1) is 24.1. The molecule has 3 N–H and O–H groups in total. The van der Waals surface area contributed by atoms with E-state index in [4.69, 9.17) is 9.47 Å². The van der Waals surface area contributed by atoms with Gasteiger partial charge in [0.2, 0.25) is 12.1 Å². The van der Waals surface area contributed by atoms with E-state index in [9.17, 15) is 41.9 Å². The zero-order valence-corrected chi connectivity index (χ0v) is 17.6. The molecule has 2 heterocycles. The fourth-order valence-corrected chi connectivity index (χ4v) is 3.31. The Balaban J connectivity index is 0.00000300. The normalized spacial score (nSPS) is 24.9. The number of ether oxygens (including phenoxy) is 2. The molecule has 154 valence electrons. The molecule has 1 aromatic heterocycles. The Morgan fingerprint density at radius 2 is 1.86 bits per heavy atom. The molecule has 1 aliphatic rings. The second kappa shape index (κ2) is 8.91. The number of hydrogen-bond donors (Lipinski definition) is 3. The van der Waals surface area contributed by atoms with E-state index in [1.165, 1.54) is 0 Å². The maximum Gasteiger partial charge on any atom is 1.00 e. The molecule has 3 rings (SSSR count). The molecule has 0 radical (unpaired) electrons. The van der Waals surface area contributed by atoms with Crippen molar-refractivity contribution in [1.82, 2.24) is 0 Å². The van der Waals surface area contributed by atoms with Crippen molar-refractivity contribution < 1.29 is 80.5 Å². The van der Waals surface area contributed by atoms with Crippen molar-refractivity contribution in [2.24, 2.45) is 0 Å². The number of halogens is 2. The first-order chi connectivity index (χ1) is 13.0. The van der Waals surface area contributed by atoms with E-state index in [1.807, 2.05) is 0 Å². The smallest absolute Gasteiger partial charge is 0.748 e. The van der Waals surface area contributed by atoms with E-state index in [0.29, 0.717) is 12.1 Å². The predicted octanol–water partition coefficient (Wildman–Crippen LogP) is -4.06. The molecular formula is C15H13F2NaO10S. The van der Waals surface area contributed by atoms with Gasteiger partial charge in [0.1, 0.15) is 18.3 Å². The summed E-state index contributed by atoms with van der Waals surface area (Å²) in [5.74, 6) is -5.30. The minimum atomic E-state index is -4.87. The molecule has 1 aliphatic heterocycles. The summed E-state index contributed by atoms with van der Waals surface area (Å²) in [6.45, 7) is -0.500. The third-order valence-corrected chi connectivity index (χ3v) is 4.66. The van der Waals surface area contributed by atoms with Gasteiger partial charge in [-0.2, -0.15) is 4.39 Å². The van der Waals surface area contributed by atoms with Crippen LogP contribution in [0.1, 0.15) is 5.56 Å². The fourth-order valence-electron chi connectivity index (χ4n) is 2.69. The second-order valence-electron chi connectivity index (χ2n) is 6.04. The molecule has 4 atom stereocenters. The minimum Gasteiger partial charge on any atom is -0.748 e. The van der Waals surface area contributed by atoms with E-state index in [2.05, 4.69) is 4.42 Å². The summed E-state index contributed by atoms with van der Waals surface area (Å²) in [5.41, 5.74) is -2.55. The van der Waals surface area contributed by atoms with Crippen LogP contribution in [0.15, 0.2) is 21.3 Å². The summed E-state index contributed by atoms with van der Waals surface area (Å²) in [6, 6.07) is 1.20. The molecule has 29 heavy (non-hydrogen) atoms. The molecule has 0 amide bonds. The molecule has 2 aromatic rings. The molecule has 0 aliphatic carbocycles. The Hall–Kier alpha value is -1.16. The first-order valence-corrected chi connectivity index (χ1v) is 9.26. The summed E-state index contributed by atoms with van der Waals surface area (Å²) in [4.78, 5) is 11.6. The molecule has 0 bridgehead atoms. The van der Waals surface area contributed by atoms with Crippen LogP contribution in [-0.4, -0.2) is 59.5 Å². The Morgan fingerprint density at radius 3 is 2.48 bits per heavy atom. The van der Waals surface area contributed by atoms with Crippen molar-refractivity contribution in [3.63, 3.8) is 0 Å². The van der Waals surface area contributed by atoms with Crippen molar-refractivity contribution in [3.8, 4) is 5.75 Å². The van der Waals surface area contributed by atoms with Gasteiger partial charge in [-0.15, -0.1) is 0 Å². The average Bonchev–Trinajstić information content (AvgIpc) is 2.58. The van der Waals surface area contributed by atoms with E-state index in [-0.39, 0.29) is 29.6 Å². The van der Waals surface area contributed by atoms with Crippen LogP contribution in [0.3, 0.4) is 0 Å². The molecule has 14 heteroatoms. The quantitative estimate of drug-likeness (QED) is 0.239. The van der Waals surface area contributed by atoms with Crippen molar-refractivity contribution in [3.05, 3.63) is 39.8 Å². The average molecular weight is 446 g/mol. The van der Waals surface area contributed by atoms with Crippen LogP contribution in [0.2, 0.25) is 0 Å². The predicted molar refractivity (Wildman–Crippen MR) is 84.2 cm³/mol. The summed E-state index contributed by atoms with van der Waals surface area (Å²) < 4.78 is 76.4. The van der Waals surface area contributed by atoms with Crippen LogP contribution in [-0.2, 0) is 20.6 Å². The molecule has 1 aromatic carbocycles. The minimum absolute atomic E-state index is 0. The molecular weight excluding hydrogens is 433 g/mol. The van der Waals surface area contributed by atoms with Crippen LogP contribution in [0.5, 0.6) is 5.75 Å². The molecule has 1 unspecified atom stereocenters. The first-order valence-electron chi connectivity index (χ1n) is 7.68. The summed E-state index contributed by atoms with van der Waals surface area (Å²) in [7, 11) is -4.87. The summed E-state index contributed by atoms with van der Waals surface area (Å²) in [5, 5.41) is 28.3. The third-order valence-electron chi connectivity index (χ3n) is 3.99. The fraction of sp³-hybridized carbons (Fsp3) is 0.400. The van der Waals surface area contributed by atoms with Crippen molar-refractivity contribution >= 4 is 21.1 Å². The molecule has 0 spiro atoms. The van der Waals surface area contributed by atoms with Crippen LogP contribution >= 0.6 is 0 Å². The van der Waals surface area contributed by atoms with Gasteiger partial charge in [0, 0.05) is 11.5 Å². The van der Waals surface area contributed by atoms with Gasteiger partial charge in [0.05, 0.1) is 22.5 Å². The van der Waals surface area contributed by atoms with E-state index >= 15 is 0 Å². The molecule has 1 fully saturated rings. The van der Waals surface area contributed by atoms with Gasteiger partial charge >= 0.3 is 35.2 Å². The molecule has 1 saturated heterocycles. The van der Waals surface area contributed by atoms with Crippen molar-refractivity contribution in [2.75, 3.05) is 6.61 Å². The number of hydrogen-bond acceptors (Lipinski definition) is 10. The summed E-state index contributed by atoms with van der Waals surface area (Å²) in [6.07, 6.45) is -6.79. The van der Waals surface area contributed by atoms with Gasteiger partial charge in [-0.05, 0) is 11.6 Å². The summed E-state index contributed by atoms with van der Waals surface area (Å²) >= 11 is 0. The number of fused-ring (bicyclic) bond motifs is 1. The van der Waals surface area contributed by atoms with Crippen LogP contribution in [0, 0.1) is 11.6 Å². The third kappa shape index (κ3) is 5.13. The van der Waals surface area contributed by atoms with Crippen LogP contribution in [0.4, 0.5) is 8.78 Å². The number of aliphatic hydroxyl groups is 3. The van der Waals surface area contributed by atoms with Gasteiger partial charge in [-0.3, -0.25) is 0 Å². The Morgan fingerprint density at radius 1 is 1.21 bits per heavy atom. The maximum atomic E-state index is 14.7. The van der Waals surface area contributed by atoms with Gasteiger partial charge in [-0.25, -0.2) is 17.6 Å². The Labute approximate surface area is 183 Å². The number of aliphatic hydroxyl groups excluding tert-OH is 3. The standard InChI is InChI=1S/C15H14F2O10S.Na/c16-7-2-6-5(4-28(22,23)24)1-9(19)26-13(6)10(17)14(7)27-15-12(21)11(20)8(18)3-25-15;/h1-2,8,11-12,15,18,20-21H,3-4H2,(H,22,23,24);/q;+1/p-1/t8-,11-,12?,15+;/m1./s1. The Kier molecular flexibility index (Phi) is 7.41. The second-order valence-corrected chi connectivity index (χ2v) is 7.44. The van der Waals surface area contributed by atoms with Gasteiger partial charge < -0.3 is 33.8 Å². The maximum absolute atomic E-state index is 14.7. The van der Waals surface area contributed by atoms with Gasteiger partial charge in [0.25, 0.3) is 0 Å². The number of rotatable bonds is 4. The molecule has 0 saturated carbocycles. The Bertz CT molecular complexity index is 1070. The van der Waals surface area contributed by atoms with Crippen molar-refractivity contribution in [2.45, 2.75) is 30.4 Å².